The van der Waals surface area contributed by atoms with Crippen LogP contribution in [-0.2, 0) is 17.1 Å². The van der Waals surface area contributed by atoms with Crippen LogP contribution in [0, 0.1) is 0 Å². The third-order valence-electron chi connectivity index (χ3n) is 7.45. The molecule has 0 radical (unpaired) electrons. The summed E-state index contributed by atoms with van der Waals surface area (Å²) in [4.78, 5) is 37.4. The van der Waals surface area contributed by atoms with Crippen molar-refractivity contribution in [2.45, 2.75) is 43.8 Å². The van der Waals surface area contributed by atoms with Gasteiger partial charge in [-0.05, 0) is 30.7 Å². The Kier molecular flexibility index (Phi) is 8.90. The predicted molar refractivity (Wildman–Crippen MR) is 147 cm³/mol. The third kappa shape index (κ3) is 7.34. The monoisotopic (exact) mass is 645 g/mol. The van der Waals surface area contributed by atoms with E-state index < -0.39 is 41.2 Å². The van der Waals surface area contributed by atoms with Gasteiger partial charge in [0.25, 0.3) is 5.56 Å². The molecule has 0 aliphatic carbocycles. The van der Waals surface area contributed by atoms with E-state index in [4.69, 9.17) is 16.3 Å². The third-order valence-corrected chi connectivity index (χ3v) is 7.71. The van der Waals surface area contributed by atoms with E-state index in [1.54, 1.807) is 39.0 Å². The molecule has 2 aliphatic heterocycles. The number of halogens is 7. The summed E-state index contributed by atoms with van der Waals surface area (Å²) in [6, 6.07) is 6.88. The summed E-state index contributed by atoms with van der Waals surface area (Å²) in [6.07, 6.45) is -7.75. The Morgan fingerprint density at radius 2 is 1.66 bits per heavy atom. The molecule has 2 atom stereocenters. The first kappa shape index (κ1) is 31.3. The number of aromatic nitrogens is 4. The molecule has 0 saturated carbocycles. The van der Waals surface area contributed by atoms with Gasteiger partial charge in [-0.3, -0.25) is 9.59 Å². The molecule has 3 aromatic rings. The summed E-state index contributed by atoms with van der Waals surface area (Å²) < 4.78 is 84.8. The molecule has 2 fully saturated rings. The number of carbonyl (C=O) groups excluding carboxylic acids is 1. The van der Waals surface area contributed by atoms with Crippen LogP contribution in [0.5, 0.6) is 5.75 Å². The molecule has 2 aromatic heterocycles. The first-order valence-electron chi connectivity index (χ1n) is 13.6. The van der Waals surface area contributed by atoms with Gasteiger partial charge in [-0.1, -0.05) is 11.6 Å². The van der Waals surface area contributed by atoms with Crippen LogP contribution in [0.2, 0.25) is 5.02 Å². The highest BCUT2D eigenvalue weighted by molar-refractivity contribution is 6.30. The topological polar surface area (TPSA) is 108 Å². The molecule has 0 unspecified atom stereocenters. The highest BCUT2D eigenvalue weighted by Crippen LogP contribution is 2.33. The van der Waals surface area contributed by atoms with E-state index in [1.165, 1.54) is 0 Å². The molecular formula is C27H26ClF6N7O3. The number of piperazine rings is 1. The molecule has 1 amide bonds. The second-order valence-electron chi connectivity index (χ2n) is 10.4. The van der Waals surface area contributed by atoms with Gasteiger partial charge in [-0.25, -0.2) is 15.1 Å². The summed E-state index contributed by atoms with van der Waals surface area (Å²) in [5.41, 5.74) is -3.69. The van der Waals surface area contributed by atoms with Gasteiger partial charge in [0.05, 0.1) is 12.1 Å². The molecule has 10 nitrogen and oxygen atoms in total. The lowest BCUT2D eigenvalue weighted by Crippen LogP contribution is -2.49. The molecule has 44 heavy (non-hydrogen) atoms. The van der Waals surface area contributed by atoms with E-state index in [2.05, 4.69) is 15.1 Å². The van der Waals surface area contributed by atoms with Crippen molar-refractivity contribution in [2.75, 3.05) is 42.5 Å². The van der Waals surface area contributed by atoms with Crippen molar-refractivity contribution >= 4 is 29.3 Å². The Bertz CT molecular complexity index is 1510. The number of aromatic amines is 1. The summed E-state index contributed by atoms with van der Waals surface area (Å²) in [5, 5.41) is 6.28. The molecule has 4 heterocycles. The number of amides is 1. The maximum Gasteiger partial charge on any atom is 0.421 e. The van der Waals surface area contributed by atoms with Crippen LogP contribution < -0.4 is 20.1 Å². The number of nitrogens with one attached hydrogen (secondary N) is 1. The minimum atomic E-state index is -4.89. The van der Waals surface area contributed by atoms with Crippen LogP contribution in [0.4, 0.5) is 38.1 Å². The average molecular weight is 646 g/mol. The van der Waals surface area contributed by atoms with Gasteiger partial charge in [-0.2, -0.15) is 31.4 Å². The van der Waals surface area contributed by atoms with Gasteiger partial charge < -0.3 is 19.4 Å². The van der Waals surface area contributed by atoms with Crippen LogP contribution in [0.1, 0.15) is 30.4 Å². The van der Waals surface area contributed by atoms with Crippen LogP contribution in [0.25, 0.3) is 0 Å². The van der Waals surface area contributed by atoms with Crippen LogP contribution in [-0.4, -0.2) is 75.8 Å². The normalized spacial score (nSPS) is 19.4. The molecule has 236 valence electrons. The van der Waals surface area contributed by atoms with Crippen molar-refractivity contribution in [3.63, 3.8) is 0 Å². The van der Waals surface area contributed by atoms with Crippen molar-refractivity contribution in [3.8, 4) is 5.75 Å². The lowest BCUT2D eigenvalue weighted by molar-refractivity contribution is -0.139. The molecule has 0 bridgehead atoms. The van der Waals surface area contributed by atoms with Crippen molar-refractivity contribution in [1.82, 2.24) is 25.1 Å². The van der Waals surface area contributed by atoms with E-state index in [0.29, 0.717) is 48.7 Å². The summed E-state index contributed by atoms with van der Waals surface area (Å²) >= 11 is 5.94. The number of H-pyrrole nitrogens is 1. The number of nitrogens with zero attached hydrogens (tertiary/aromatic N) is 6. The van der Waals surface area contributed by atoms with Gasteiger partial charge in [0.1, 0.15) is 23.2 Å². The number of benzene rings is 1. The van der Waals surface area contributed by atoms with Crippen molar-refractivity contribution < 1.29 is 35.9 Å². The van der Waals surface area contributed by atoms with E-state index >= 15 is 0 Å². The maximum absolute atomic E-state index is 13.5. The SMILES string of the molecule is O=C(CC[C@@H]1C[C@@H](Oc2ccc(Cl)cc2)CN1c1cc(C(F)(F)F)c(=O)[nH]n1)N1CCN(c2ncc(C(F)(F)F)cn2)CC1. The second kappa shape index (κ2) is 12.5. The Morgan fingerprint density at radius 1 is 1.00 bits per heavy atom. The molecule has 1 aromatic carbocycles. The van der Waals surface area contributed by atoms with Crippen LogP contribution in [0.3, 0.4) is 0 Å². The zero-order valence-corrected chi connectivity index (χ0v) is 23.7. The quantitative estimate of drug-likeness (QED) is 0.377. The van der Waals surface area contributed by atoms with Crippen molar-refractivity contribution in [2.24, 2.45) is 0 Å². The molecule has 17 heteroatoms. The molecule has 2 aliphatic rings. The van der Waals surface area contributed by atoms with E-state index in [0.717, 1.165) is 0 Å². The fraction of sp³-hybridized carbons (Fsp3) is 0.444. The van der Waals surface area contributed by atoms with Crippen LogP contribution >= 0.6 is 11.6 Å². The fourth-order valence-electron chi connectivity index (χ4n) is 5.21. The smallest absolute Gasteiger partial charge is 0.421 e. The van der Waals surface area contributed by atoms with Gasteiger partial charge in [0, 0.05) is 68.5 Å². The summed E-state index contributed by atoms with van der Waals surface area (Å²) in [6.45, 7) is 1.35. The van der Waals surface area contributed by atoms with E-state index in [1.807, 2.05) is 5.10 Å². The largest absolute Gasteiger partial charge is 0.489 e. The predicted octanol–water partition coefficient (Wildman–Crippen LogP) is 4.41. The van der Waals surface area contributed by atoms with Gasteiger partial charge in [0.2, 0.25) is 11.9 Å². The minimum Gasteiger partial charge on any atom is -0.489 e. The standard InChI is InChI=1S/C27H26ClF6N7O3/c28-17-1-4-19(5-2-17)44-20-11-18(41(15-20)22-12-21(27(32,33)34)24(43)38-37-22)3-6-23(42)39-7-9-40(10-8-39)25-35-13-16(14-36-25)26(29,30)31/h1-2,4-5,12-14,18,20H,3,6-11,15H2,(H,38,43)/t18-,20-/m1/s1. The zero-order chi connectivity index (χ0) is 31.6. The molecule has 5 rings (SSSR count). The van der Waals surface area contributed by atoms with E-state index in [9.17, 15) is 35.9 Å². The number of carbonyl (C=O) groups is 1. The Morgan fingerprint density at radius 3 is 2.27 bits per heavy atom. The number of alkyl halides is 6. The molecule has 1 N–H and O–H groups in total. The number of ether oxygens (including phenoxy) is 1. The number of hydrogen-bond donors (Lipinski definition) is 1. The molecular weight excluding hydrogens is 620 g/mol. The minimum absolute atomic E-state index is 0.0705. The number of anilines is 2. The average Bonchev–Trinajstić information content (AvgIpc) is 3.39. The molecule has 2 saturated heterocycles. The number of rotatable bonds is 7. The Hall–Kier alpha value is -4.08. The highest BCUT2D eigenvalue weighted by Gasteiger charge is 2.39. The van der Waals surface area contributed by atoms with Crippen molar-refractivity contribution in [1.29, 1.82) is 0 Å². The fourth-order valence-corrected chi connectivity index (χ4v) is 5.33. The lowest BCUT2D eigenvalue weighted by atomic mass is 10.1. The Labute approximate surface area is 251 Å². The second-order valence-corrected chi connectivity index (χ2v) is 10.8. The summed E-state index contributed by atoms with van der Waals surface area (Å²) in [5.74, 6) is 0.355. The lowest BCUT2D eigenvalue weighted by Gasteiger charge is -2.35. The zero-order valence-electron chi connectivity index (χ0n) is 22.9. The van der Waals surface area contributed by atoms with Crippen molar-refractivity contribution in [3.05, 3.63) is 69.2 Å². The first-order valence-corrected chi connectivity index (χ1v) is 13.9. The van der Waals surface area contributed by atoms with Gasteiger partial charge in [-0.15, -0.1) is 0 Å². The molecule has 0 spiro atoms. The first-order chi connectivity index (χ1) is 20.8. The van der Waals surface area contributed by atoms with E-state index in [-0.39, 0.29) is 50.1 Å². The maximum atomic E-state index is 13.5. The van der Waals surface area contributed by atoms with Gasteiger partial charge in [0.15, 0.2) is 0 Å². The number of hydrogen-bond acceptors (Lipinski definition) is 8. The highest BCUT2D eigenvalue weighted by atomic mass is 35.5. The summed E-state index contributed by atoms with van der Waals surface area (Å²) in [7, 11) is 0. The van der Waals surface area contributed by atoms with Crippen LogP contribution in [0.15, 0.2) is 47.5 Å². The van der Waals surface area contributed by atoms with Gasteiger partial charge >= 0.3 is 12.4 Å². The Balaban J connectivity index is 1.23.